The maximum absolute atomic E-state index is 6.49. The summed E-state index contributed by atoms with van der Waals surface area (Å²) in [7, 11) is 0. The Hall–Kier alpha value is -6.44. The molecule has 0 amide bonds. The number of hydrogen-bond donors (Lipinski definition) is 0. The van der Waals surface area contributed by atoms with Gasteiger partial charge in [-0.3, -0.25) is 0 Å². The lowest BCUT2D eigenvalue weighted by atomic mass is 9.85. The van der Waals surface area contributed by atoms with Gasteiger partial charge in [-0.15, -0.1) is 0 Å². The van der Waals surface area contributed by atoms with Crippen LogP contribution in [-0.4, -0.2) is 0 Å². The van der Waals surface area contributed by atoms with Gasteiger partial charge in [0.15, 0.2) is 0 Å². The molecular formula is C49H32O. The first-order chi connectivity index (χ1) is 24.7. The molecule has 10 rings (SSSR count). The van der Waals surface area contributed by atoms with Crippen LogP contribution in [0.25, 0.3) is 98.8 Å². The molecule has 1 aromatic heterocycles. The topological polar surface area (TPSA) is 13.1 Å². The average molecular weight is 637 g/mol. The smallest absolute Gasteiger partial charge is 0.143 e. The second-order valence-corrected chi connectivity index (χ2v) is 13.3. The summed E-state index contributed by atoms with van der Waals surface area (Å²) in [5.74, 6) is 0. The van der Waals surface area contributed by atoms with Gasteiger partial charge in [-0.2, -0.15) is 0 Å². The zero-order chi connectivity index (χ0) is 33.2. The molecule has 0 bridgehead atoms. The van der Waals surface area contributed by atoms with Crippen LogP contribution in [0, 0.1) is 6.92 Å². The summed E-state index contributed by atoms with van der Waals surface area (Å²) in [5, 5.41) is 9.84. The van der Waals surface area contributed by atoms with E-state index in [9.17, 15) is 0 Å². The van der Waals surface area contributed by atoms with E-state index in [-0.39, 0.29) is 0 Å². The molecule has 0 aliphatic carbocycles. The molecule has 9 aromatic carbocycles. The summed E-state index contributed by atoms with van der Waals surface area (Å²) >= 11 is 0. The van der Waals surface area contributed by atoms with E-state index in [0.717, 1.165) is 33.1 Å². The van der Waals surface area contributed by atoms with Gasteiger partial charge in [-0.1, -0.05) is 157 Å². The van der Waals surface area contributed by atoms with Gasteiger partial charge in [0.2, 0.25) is 0 Å². The molecule has 0 aliphatic rings. The largest absolute Gasteiger partial charge is 0.455 e. The summed E-state index contributed by atoms with van der Waals surface area (Å²) < 4.78 is 6.49. The summed E-state index contributed by atoms with van der Waals surface area (Å²) in [6, 6.07) is 64.0. The van der Waals surface area contributed by atoms with E-state index in [1.807, 2.05) is 6.07 Å². The second kappa shape index (κ2) is 11.3. The minimum absolute atomic E-state index is 0.912. The molecule has 0 fully saturated rings. The fraction of sp³-hybridized carbons (Fsp3) is 0.0204. The maximum Gasteiger partial charge on any atom is 0.143 e. The normalized spacial score (nSPS) is 11.7. The number of rotatable bonds is 4. The molecule has 50 heavy (non-hydrogen) atoms. The first-order valence-corrected chi connectivity index (χ1v) is 17.3. The van der Waals surface area contributed by atoms with Crippen LogP contribution >= 0.6 is 0 Å². The zero-order valence-corrected chi connectivity index (χ0v) is 27.7. The van der Waals surface area contributed by atoms with Crippen molar-refractivity contribution < 1.29 is 4.42 Å². The Morgan fingerprint density at radius 3 is 1.62 bits per heavy atom. The van der Waals surface area contributed by atoms with E-state index in [1.54, 1.807) is 0 Å². The minimum Gasteiger partial charge on any atom is -0.455 e. The summed E-state index contributed by atoms with van der Waals surface area (Å²) in [6.07, 6.45) is 0. The van der Waals surface area contributed by atoms with E-state index in [0.29, 0.717) is 0 Å². The number of aryl methyl sites for hydroxylation is 1. The van der Waals surface area contributed by atoms with E-state index in [4.69, 9.17) is 4.42 Å². The van der Waals surface area contributed by atoms with Crippen molar-refractivity contribution in [2.45, 2.75) is 6.92 Å². The van der Waals surface area contributed by atoms with Crippen molar-refractivity contribution in [2.75, 3.05) is 0 Å². The quantitative estimate of drug-likeness (QED) is 0.175. The first kappa shape index (κ1) is 28.6. The minimum atomic E-state index is 0.912. The summed E-state index contributed by atoms with van der Waals surface area (Å²) in [4.78, 5) is 0. The molecule has 0 atom stereocenters. The van der Waals surface area contributed by atoms with Gasteiger partial charge < -0.3 is 4.42 Å². The summed E-state index contributed by atoms with van der Waals surface area (Å²) in [6.45, 7) is 2.14. The summed E-state index contributed by atoms with van der Waals surface area (Å²) in [5.41, 5.74) is 12.7. The highest BCUT2D eigenvalue weighted by Gasteiger charge is 2.18. The Morgan fingerprint density at radius 1 is 0.340 bits per heavy atom. The highest BCUT2D eigenvalue weighted by atomic mass is 16.3. The van der Waals surface area contributed by atoms with Gasteiger partial charge in [0, 0.05) is 16.3 Å². The molecule has 0 saturated carbocycles. The lowest BCUT2D eigenvalue weighted by molar-refractivity contribution is 0.670. The monoisotopic (exact) mass is 636 g/mol. The molecule has 0 radical (unpaired) electrons. The molecule has 0 N–H and O–H groups in total. The highest BCUT2D eigenvalue weighted by Crippen LogP contribution is 2.45. The lowest BCUT2D eigenvalue weighted by Gasteiger charge is -2.18. The van der Waals surface area contributed by atoms with Crippen molar-refractivity contribution in [2.24, 2.45) is 0 Å². The van der Waals surface area contributed by atoms with Crippen molar-refractivity contribution >= 4 is 54.3 Å². The predicted molar refractivity (Wildman–Crippen MR) is 213 cm³/mol. The molecule has 0 spiro atoms. The number of para-hydroxylation sites is 1. The van der Waals surface area contributed by atoms with Crippen LogP contribution in [0.2, 0.25) is 0 Å². The Morgan fingerprint density at radius 2 is 0.920 bits per heavy atom. The second-order valence-electron chi connectivity index (χ2n) is 13.3. The number of fused-ring (bicyclic) bond motifs is 6. The molecule has 1 heterocycles. The van der Waals surface area contributed by atoms with E-state index >= 15 is 0 Å². The molecule has 0 unspecified atom stereocenters. The van der Waals surface area contributed by atoms with Crippen molar-refractivity contribution in [1.29, 1.82) is 0 Å². The van der Waals surface area contributed by atoms with Gasteiger partial charge in [0.25, 0.3) is 0 Å². The zero-order valence-electron chi connectivity index (χ0n) is 27.7. The number of furan rings is 1. The Labute approximate surface area is 290 Å². The molecular weight excluding hydrogens is 605 g/mol. The molecule has 234 valence electrons. The Kier molecular flexibility index (Phi) is 6.47. The lowest BCUT2D eigenvalue weighted by Crippen LogP contribution is -1.91. The third kappa shape index (κ3) is 4.55. The van der Waals surface area contributed by atoms with Crippen LogP contribution in [-0.2, 0) is 0 Å². The number of hydrogen-bond acceptors (Lipinski definition) is 1. The van der Waals surface area contributed by atoms with Crippen LogP contribution in [0.3, 0.4) is 0 Å². The van der Waals surface area contributed by atoms with Crippen molar-refractivity contribution in [3.63, 3.8) is 0 Å². The van der Waals surface area contributed by atoms with Gasteiger partial charge >= 0.3 is 0 Å². The molecule has 1 nitrogen and oxygen atoms in total. The van der Waals surface area contributed by atoms with Crippen molar-refractivity contribution in [3.8, 4) is 44.5 Å². The molecule has 10 aromatic rings. The number of benzene rings is 9. The SMILES string of the molecule is Cc1cccc(-c2cc(-c3ccc(-c4c5ccccc5c(-c5ccc6ccccc6c5)c5ccccc45)cc3)cc3c2oc2ccccc23)c1. The fourth-order valence-corrected chi connectivity index (χ4v) is 7.95. The third-order valence-electron chi connectivity index (χ3n) is 10.3. The highest BCUT2D eigenvalue weighted by molar-refractivity contribution is 6.22. The predicted octanol–water partition coefficient (Wildman–Crippen LogP) is 14.0. The van der Waals surface area contributed by atoms with Gasteiger partial charge in [-0.05, 0) is 102 Å². The molecule has 0 aliphatic heterocycles. The Bertz CT molecular complexity index is 2870. The van der Waals surface area contributed by atoms with Gasteiger partial charge in [0.1, 0.15) is 11.2 Å². The van der Waals surface area contributed by atoms with Crippen LogP contribution in [0.5, 0.6) is 0 Å². The van der Waals surface area contributed by atoms with Crippen LogP contribution < -0.4 is 0 Å². The van der Waals surface area contributed by atoms with E-state index < -0.39 is 0 Å². The first-order valence-electron chi connectivity index (χ1n) is 17.3. The molecule has 0 saturated heterocycles. The van der Waals surface area contributed by atoms with Crippen molar-refractivity contribution in [3.05, 3.63) is 181 Å². The maximum atomic E-state index is 6.49. The van der Waals surface area contributed by atoms with Gasteiger partial charge in [0.05, 0.1) is 0 Å². The third-order valence-corrected chi connectivity index (χ3v) is 10.3. The average Bonchev–Trinajstić information content (AvgIpc) is 3.55. The van der Waals surface area contributed by atoms with Crippen LogP contribution in [0.4, 0.5) is 0 Å². The van der Waals surface area contributed by atoms with E-state index in [1.165, 1.54) is 71.3 Å². The Balaban J connectivity index is 1.16. The molecule has 1 heteroatoms. The van der Waals surface area contributed by atoms with Crippen LogP contribution in [0.15, 0.2) is 180 Å². The standard InChI is InChI=1S/C49H32O/c1-31-11-10-14-36(27-31)44-29-38(30-45-39-15-8-9-20-46(39)50-49(44)45)33-21-24-34(25-22-33)47-40-16-4-6-18-42(40)48(43-19-7-5-17-41(43)47)37-26-23-32-12-2-3-13-35(32)28-37/h2-30H,1H3. The fourth-order valence-electron chi connectivity index (χ4n) is 7.95. The van der Waals surface area contributed by atoms with E-state index in [2.05, 4.69) is 177 Å². The van der Waals surface area contributed by atoms with Crippen LogP contribution in [0.1, 0.15) is 5.56 Å². The van der Waals surface area contributed by atoms with Gasteiger partial charge in [-0.25, -0.2) is 0 Å². The van der Waals surface area contributed by atoms with Crippen molar-refractivity contribution in [1.82, 2.24) is 0 Å².